The van der Waals surface area contributed by atoms with Crippen LogP contribution in [0.3, 0.4) is 0 Å². The standard InChI is InChI=1S/C24H17Cl2N5OS2/c1-12-3-6-15(7-4-12)31-29-18-9-13(2)17(11-19(18)30-31)27-24(33)28-23(32)22-21(26)16-8-5-14(25)10-20(16)34-22/h3-11H,1-2H3,(H2,27,28,32,33). The van der Waals surface area contributed by atoms with Crippen molar-refractivity contribution < 1.29 is 4.79 Å². The number of carbonyl (C=O) groups excluding carboxylic acids is 1. The second-order valence-electron chi connectivity index (χ2n) is 7.77. The number of anilines is 1. The number of benzene rings is 3. The van der Waals surface area contributed by atoms with E-state index in [1.807, 2.05) is 50.2 Å². The lowest BCUT2D eigenvalue weighted by molar-refractivity contribution is 0.0982. The molecule has 0 aliphatic rings. The summed E-state index contributed by atoms with van der Waals surface area (Å²) in [5.41, 5.74) is 5.14. The van der Waals surface area contributed by atoms with Crippen LogP contribution in [0, 0.1) is 13.8 Å². The molecule has 0 atom stereocenters. The number of carbonyl (C=O) groups is 1. The predicted octanol–water partition coefficient (Wildman–Crippen LogP) is 6.69. The molecule has 0 bridgehead atoms. The van der Waals surface area contributed by atoms with Gasteiger partial charge in [0.15, 0.2) is 5.11 Å². The van der Waals surface area contributed by atoms with Gasteiger partial charge in [-0.05, 0) is 68.0 Å². The number of aryl methyl sites for hydroxylation is 2. The number of hydrogen-bond acceptors (Lipinski definition) is 5. The average Bonchev–Trinajstić information content (AvgIpc) is 3.34. The molecule has 2 heterocycles. The summed E-state index contributed by atoms with van der Waals surface area (Å²) < 4.78 is 0.833. The SMILES string of the molecule is Cc1ccc(-n2nc3cc(C)c(NC(=S)NC(=O)c4sc5cc(Cl)ccc5c4Cl)cc3n2)cc1. The van der Waals surface area contributed by atoms with E-state index in [-0.39, 0.29) is 11.0 Å². The van der Waals surface area contributed by atoms with Crippen molar-refractivity contribution in [1.29, 1.82) is 0 Å². The number of thiophene rings is 1. The van der Waals surface area contributed by atoms with Crippen molar-refractivity contribution in [2.75, 3.05) is 5.32 Å². The topological polar surface area (TPSA) is 71.8 Å². The van der Waals surface area contributed by atoms with Gasteiger partial charge in [-0.2, -0.15) is 4.80 Å². The Balaban J connectivity index is 1.36. The zero-order valence-corrected chi connectivity index (χ0v) is 21.2. The van der Waals surface area contributed by atoms with Crippen LogP contribution in [0.5, 0.6) is 0 Å². The maximum atomic E-state index is 12.8. The van der Waals surface area contributed by atoms with E-state index in [2.05, 4.69) is 20.8 Å². The Kier molecular flexibility index (Phi) is 5.99. The van der Waals surface area contributed by atoms with Crippen LogP contribution in [-0.2, 0) is 0 Å². The van der Waals surface area contributed by atoms with Crippen LogP contribution in [-0.4, -0.2) is 26.0 Å². The Labute approximate surface area is 214 Å². The molecule has 2 N–H and O–H groups in total. The molecule has 34 heavy (non-hydrogen) atoms. The molecule has 1 amide bonds. The zero-order chi connectivity index (χ0) is 24.0. The molecule has 0 aliphatic carbocycles. The molecule has 10 heteroatoms. The number of nitrogens with zero attached hydrogens (tertiary/aromatic N) is 3. The van der Waals surface area contributed by atoms with Crippen LogP contribution in [0.2, 0.25) is 10.0 Å². The number of halogens is 2. The number of nitrogens with one attached hydrogen (secondary N) is 2. The molecule has 6 nitrogen and oxygen atoms in total. The van der Waals surface area contributed by atoms with Crippen molar-refractivity contribution in [3.63, 3.8) is 0 Å². The normalized spacial score (nSPS) is 11.2. The van der Waals surface area contributed by atoms with Crippen LogP contribution >= 0.6 is 46.8 Å². The van der Waals surface area contributed by atoms with E-state index in [1.54, 1.807) is 23.0 Å². The highest BCUT2D eigenvalue weighted by molar-refractivity contribution is 7.80. The number of hydrogen-bond donors (Lipinski definition) is 2. The van der Waals surface area contributed by atoms with Crippen LogP contribution in [0.25, 0.3) is 26.8 Å². The molecule has 0 spiro atoms. The van der Waals surface area contributed by atoms with Crippen LogP contribution in [0.1, 0.15) is 20.8 Å². The molecule has 2 aromatic heterocycles. The largest absolute Gasteiger partial charge is 0.332 e. The van der Waals surface area contributed by atoms with E-state index in [1.165, 1.54) is 16.9 Å². The van der Waals surface area contributed by atoms with E-state index >= 15 is 0 Å². The number of rotatable bonds is 3. The summed E-state index contributed by atoms with van der Waals surface area (Å²) in [6.45, 7) is 3.97. The van der Waals surface area contributed by atoms with Crippen LogP contribution < -0.4 is 10.6 Å². The van der Waals surface area contributed by atoms with Gasteiger partial charge in [0.25, 0.3) is 5.91 Å². The monoisotopic (exact) mass is 525 g/mol. The lowest BCUT2D eigenvalue weighted by Gasteiger charge is -2.11. The highest BCUT2D eigenvalue weighted by Crippen LogP contribution is 2.36. The summed E-state index contributed by atoms with van der Waals surface area (Å²) >= 11 is 19.1. The molecule has 0 aliphatic heterocycles. The first-order valence-corrected chi connectivity index (χ1v) is 12.2. The minimum atomic E-state index is -0.385. The Morgan fingerprint density at radius 3 is 2.44 bits per heavy atom. The third-order valence-electron chi connectivity index (χ3n) is 5.26. The molecule has 5 aromatic rings. The maximum Gasteiger partial charge on any atom is 0.269 e. The maximum absolute atomic E-state index is 12.8. The van der Waals surface area contributed by atoms with Gasteiger partial charge in [-0.3, -0.25) is 10.1 Å². The van der Waals surface area contributed by atoms with Gasteiger partial charge in [0.1, 0.15) is 15.9 Å². The van der Waals surface area contributed by atoms with E-state index in [0.29, 0.717) is 20.4 Å². The number of fused-ring (bicyclic) bond motifs is 2. The van der Waals surface area contributed by atoms with E-state index < -0.39 is 0 Å². The van der Waals surface area contributed by atoms with E-state index in [0.717, 1.165) is 32.5 Å². The number of aromatic nitrogens is 3. The van der Waals surface area contributed by atoms with Gasteiger partial charge in [0.05, 0.1) is 10.7 Å². The van der Waals surface area contributed by atoms with Gasteiger partial charge in [-0.15, -0.1) is 21.5 Å². The molecule has 0 radical (unpaired) electrons. The molecular formula is C24H17Cl2N5OS2. The Hall–Kier alpha value is -3.04. The number of thiocarbonyl (C=S) groups is 1. The molecule has 0 unspecified atom stereocenters. The van der Waals surface area contributed by atoms with Crippen molar-refractivity contribution in [2.45, 2.75) is 13.8 Å². The Morgan fingerprint density at radius 2 is 1.71 bits per heavy atom. The molecule has 0 fully saturated rings. The molecule has 0 saturated heterocycles. The summed E-state index contributed by atoms with van der Waals surface area (Å²) in [7, 11) is 0. The van der Waals surface area contributed by atoms with Gasteiger partial charge in [-0.1, -0.05) is 47.0 Å². The van der Waals surface area contributed by atoms with Crippen molar-refractivity contribution in [2.24, 2.45) is 0 Å². The average molecular weight is 526 g/mol. The first-order valence-electron chi connectivity index (χ1n) is 10.2. The van der Waals surface area contributed by atoms with Crippen LogP contribution in [0.15, 0.2) is 54.6 Å². The molecular weight excluding hydrogens is 509 g/mol. The Bertz CT molecular complexity index is 1590. The molecule has 170 valence electrons. The predicted molar refractivity (Wildman–Crippen MR) is 144 cm³/mol. The lowest BCUT2D eigenvalue weighted by Crippen LogP contribution is -2.34. The van der Waals surface area contributed by atoms with Crippen LogP contribution in [0.4, 0.5) is 5.69 Å². The summed E-state index contributed by atoms with van der Waals surface area (Å²) in [6.07, 6.45) is 0. The third-order valence-corrected chi connectivity index (χ3v) is 7.36. The summed E-state index contributed by atoms with van der Waals surface area (Å²) in [5.74, 6) is -0.385. The van der Waals surface area contributed by atoms with Crippen molar-refractivity contribution in [3.05, 3.63) is 80.6 Å². The minimum absolute atomic E-state index is 0.157. The minimum Gasteiger partial charge on any atom is -0.332 e. The van der Waals surface area contributed by atoms with Crippen molar-refractivity contribution >= 4 is 84.6 Å². The quantitative estimate of drug-likeness (QED) is 0.257. The first-order chi connectivity index (χ1) is 16.3. The molecule has 5 rings (SSSR count). The summed E-state index contributed by atoms with van der Waals surface area (Å²) in [4.78, 5) is 14.8. The first kappa shape index (κ1) is 22.7. The van der Waals surface area contributed by atoms with Crippen molar-refractivity contribution in [1.82, 2.24) is 20.3 Å². The summed E-state index contributed by atoms with van der Waals surface area (Å²) in [5, 5.41) is 16.8. The summed E-state index contributed by atoms with van der Waals surface area (Å²) in [6, 6.07) is 17.1. The van der Waals surface area contributed by atoms with E-state index in [4.69, 9.17) is 35.4 Å². The van der Waals surface area contributed by atoms with Gasteiger partial charge in [-0.25, -0.2) is 0 Å². The third kappa shape index (κ3) is 4.37. The van der Waals surface area contributed by atoms with Gasteiger partial charge >= 0.3 is 0 Å². The zero-order valence-electron chi connectivity index (χ0n) is 18.0. The van der Waals surface area contributed by atoms with Gasteiger partial charge in [0.2, 0.25) is 0 Å². The molecule has 3 aromatic carbocycles. The second kappa shape index (κ2) is 8.96. The lowest BCUT2D eigenvalue weighted by atomic mass is 10.2. The smallest absolute Gasteiger partial charge is 0.269 e. The van der Waals surface area contributed by atoms with E-state index in [9.17, 15) is 4.79 Å². The fourth-order valence-electron chi connectivity index (χ4n) is 3.49. The van der Waals surface area contributed by atoms with Gasteiger partial charge < -0.3 is 5.32 Å². The Morgan fingerprint density at radius 1 is 1.00 bits per heavy atom. The second-order valence-corrected chi connectivity index (χ2v) is 10.0. The molecule has 0 saturated carbocycles. The van der Waals surface area contributed by atoms with Crippen molar-refractivity contribution in [3.8, 4) is 5.69 Å². The fraction of sp³-hybridized carbons (Fsp3) is 0.0833. The fourth-order valence-corrected chi connectivity index (χ4v) is 5.39. The highest BCUT2D eigenvalue weighted by atomic mass is 35.5. The number of amides is 1. The van der Waals surface area contributed by atoms with Gasteiger partial charge in [0, 0.05) is 20.8 Å². The highest BCUT2D eigenvalue weighted by Gasteiger charge is 2.19.